The molecule has 1 aliphatic heterocycles. The van der Waals surface area contributed by atoms with Crippen LogP contribution in [-0.4, -0.2) is 26.9 Å². The van der Waals surface area contributed by atoms with E-state index in [1.165, 1.54) is 0 Å². The molecule has 4 nitrogen and oxygen atoms in total. The van der Waals surface area contributed by atoms with E-state index in [0.717, 1.165) is 6.42 Å². The predicted molar refractivity (Wildman–Crippen MR) is 66.6 cm³/mol. The summed E-state index contributed by atoms with van der Waals surface area (Å²) < 4.78 is 30.1. The molecule has 1 aromatic carbocycles. The second-order valence-corrected chi connectivity index (χ2v) is 6.55. The molecule has 1 saturated heterocycles. The summed E-state index contributed by atoms with van der Waals surface area (Å²) >= 11 is 0. The van der Waals surface area contributed by atoms with Crippen LogP contribution in [0.25, 0.3) is 0 Å². The third kappa shape index (κ3) is 2.30. The predicted octanol–water partition coefficient (Wildman–Crippen LogP) is 1.53. The Kier molecular flexibility index (Phi) is 3.40. The maximum atomic E-state index is 12.4. The minimum absolute atomic E-state index is 0.288. The average Bonchev–Trinajstić information content (AvgIpc) is 2.33. The summed E-state index contributed by atoms with van der Waals surface area (Å²) in [5.74, 6) is 0. The van der Waals surface area contributed by atoms with Gasteiger partial charge in [0.15, 0.2) is 9.84 Å². The minimum atomic E-state index is -3.32. The first-order valence-corrected chi connectivity index (χ1v) is 7.25. The van der Waals surface area contributed by atoms with Gasteiger partial charge >= 0.3 is 0 Å². The molecule has 0 saturated carbocycles. The van der Waals surface area contributed by atoms with Crippen LogP contribution in [0.5, 0.6) is 0 Å². The molecule has 2 rings (SSSR count). The highest BCUT2D eigenvalue weighted by Crippen LogP contribution is 2.27. The molecule has 0 aliphatic carbocycles. The van der Waals surface area contributed by atoms with Crippen molar-refractivity contribution < 1.29 is 13.2 Å². The first-order valence-electron chi connectivity index (χ1n) is 5.70. The number of hydrogen-bond donors (Lipinski definition) is 1. The molecule has 1 aliphatic rings. The highest BCUT2D eigenvalue weighted by Gasteiger charge is 2.30. The lowest BCUT2D eigenvalue weighted by molar-refractivity contribution is 0.0991. The van der Waals surface area contributed by atoms with Crippen molar-refractivity contribution in [2.45, 2.75) is 29.9 Å². The molecule has 0 radical (unpaired) electrons. The maximum absolute atomic E-state index is 12.4. The second kappa shape index (κ2) is 4.66. The molecular weight excluding hydrogens is 238 g/mol. The van der Waals surface area contributed by atoms with Crippen molar-refractivity contribution in [3.8, 4) is 0 Å². The average molecular weight is 255 g/mol. The highest BCUT2D eigenvalue weighted by molar-refractivity contribution is 7.92. The van der Waals surface area contributed by atoms with Gasteiger partial charge in [-0.05, 0) is 37.5 Å². The topological polar surface area (TPSA) is 69.4 Å². The molecule has 0 aromatic heterocycles. The summed E-state index contributed by atoms with van der Waals surface area (Å²) in [5, 5.41) is -0.434. The number of sulfone groups is 1. The van der Waals surface area contributed by atoms with Crippen LogP contribution < -0.4 is 5.73 Å². The minimum Gasteiger partial charge on any atom is -0.398 e. The summed E-state index contributed by atoms with van der Waals surface area (Å²) in [4.78, 5) is 0.341. The number of nitrogen functional groups attached to an aromatic ring is 1. The second-order valence-electron chi connectivity index (χ2n) is 4.35. The lowest BCUT2D eigenvalue weighted by Gasteiger charge is -2.23. The standard InChI is InChI=1S/C12H17NO3S/c1-9-11(13)5-2-6-12(9)17(14,15)10-4-3-7-16-8-10/h2,5-6,10H,3-4,7-8,13H2,1H3. The van der Waals surface area contributed by atoms with Gasteiger partial charge in [-0.2, -0.15) is 0 Å². The Morgan fingerprint density at radius 2 is 2.18 bits per heavy atom. The third-order valence-electron chi connectivity index (χ3n) is 3.19. The van der Waals surface area contributed by atoms with Crippen molar-refractivity contribution in [3.63, 3.8) is 0 Å². The maximum Gasteiger partial charge on any atom is 0.183 e. The van der Waals surface area contributed by atoms with Crippen LogP contribution in [-0.2, 0) is 14.6 Å². The molecule has 2 N–H and O–H groups in total. The fourth-order valence-electron chi connectivity index (χ4n) is 2.08. The molecule has 1 aromatic rings. The van der Waals surface area contributed by atoms with E-state index in [2.05, 4.69) is 0 Å². The number of anilines is 1. The van der Waals surface area contributed by atoms with Crippen molar-refractivity contribution in [1.29, 1.82) is 0 Å². The molecule has 1 heterocycles. The van der Waals surface area contributed by atoms with Gasteiger partial charge in [-0.3, -0.25) is 0 Å². The van der Waals surface area contributed by atoms with Crippen LogP contribution in [0.3, 0.4) is 0 Å². The molecule has 0 amide bonds. The van der Waals surface area contributed by atoms with Gasteiger partial charge in [0.25, 0.3) is 0 Å². The summed E-state index contributed by atoms with van der Waals surface area (Å²) in [6, 6.07) is 5.01. The van der Waals surface area contributed by atoms with Crippen molar-refractivity contribution in [1.82, 2.24) is 0 Å². The van der Waals surface area contributed by atoms with Crippen LogP contribution in [0, 0.1) is 6.92 Å². The van der Waals surface area contributed by atoms with E-state index < -0.39 is 15.1 Å². The van der Waals surface area contributed by atoms with E-state index in [4.69, 9.17) is 10.5 Å². The van der Waals surface area contributed by atoms with Gasteiger partial charge in [-0.15, -0.1) is 0 Å². The molecular formula is C12H17NO3S. The summed E-state index contributed by atoms with van der Waals surface area (Å²) in [6.07, 6.45) is 1.46. The van der Waals surface area contributed by atoms with Crippen molar-refractivity contribution >= 4 is 15.5 Å². The molecule has 17 heavy (non-hydrogen) atoms. The first kappa shape index (κ1) is 12.4. The number of ether oxygens (including phenoxy) is 1. The van der Waals surface area contributed by atoms with E-state index in [1.54, 1.807) is 25.1 Å². The molecule has 0 spiro atoms. The third-order valence-corrected chi connectivity index (χ3v) is 5.49. The first-order chi connectivity index (χ1) is 8.03. The van der Waals surface area contributed by atoms with Gasteiger partial charge in [0.05, 0.1) is 16.8 Å². The van der Waals surface area contributed by atoms with E-state index >= 15 is 0 Å². The number of hydrogen-bond acceptors (Lipinski definition) is 4. The van der Waals surface area contributed by atoms with Gasteiger partial charge in [0.2, 0.25) is 0 Å². The Labute approximate surface area is 102 Å². The molecule has 0 bridgehead atoms. The zero-order valence-electron chi connectivity index (χ0n) is 9.85. The van der Waals surface area contributed by atoms with Gasteiger partial charge < -0.3 is 10.5 Å². The zero-order chi connectivity index (χ0) is 12.5. The van der Waals surface area contributed by atoms with Gasteiger partial charge in [-0.1, -0.05) is 6.07 Å². The lowest BCUT2D eigenvalue weighted by atomic mass is 10.2. The zero-order valence-corrected chi connectivity index (χ0v) is 10.7. The largest absolute Gasteiger partial charge is 0.398 e. The summed E-state index contributed by atoms with van der Waals surface area (Å²) in [6.45, 7) is 2.68. The molecule has 1 fully saturated rings. The molecule has 94 valence electrons. The van der Waals surface area contributed by atoms with Crippen LogP contribution >= 0.6 is 0 Å². The molecule has 1 unspecified atom stereocenters. The Morgan fingerprint density at radius 3 is 2.82 bits per heavy atom. The van der Waals surface area contributed by atoms with E-state index in [-0.39, 0.29) is 6.61 Å². The highest BCUT2D eigenvalue weighted by atomic mass is 32.2. The molecule has 5 heteroatoms. The van der Waals surface area contributed by atoms with E-state index in [1.807, 2.05) is 0 Å². The number of benzene rings is 1. The normalized spacial score (nSPS) is 21.4. The van der Waals surface area contributed by atoms with Gasteiger partial charge in [-0.25, -0.2) is 8.42 Å². The number of rotatable bonds is 2. The summed E-state index contributed by atoms with van der Waals surface area (Å²) in [7, 11) is -3.32. The van der Waals surface area contributed by atoms with Crippen molar-refractivity contribution in [3.05, 3.63) is 23.8 Å². The fourth-order valence-corrected chi connectivity index (χ4v) is 4.00. The van der Waals surface area contributed by atoms with Gasteiger partial charge in [0, 0.05) is 12.3 Å². The van der Waals surface area contributed by atoms with Crippen molar-refractivity contribution in [2.24, 2.45) is 0 Å². The van der Waals surface area contributed by atoms with E-state index in [9.17, 15) is 8.42 Å². The van der Waals surface area contributed by atoms with E-state index in [0.29, 0.717) is 29.2 Å². The SMILES string of the molecule is Cc1c(N)cccc1S(=O)(=O)C1CCCOC1. The van der Waals surface area contributed by atoms with Crippen LogP contribution in [0.15, 0.2) is 23.1 Å². The number of nitrogens with two attached hydrogens (primary N) is 1. The summed E-state index contributed by atoms with van der Waals surface area (Å²) in [5.41, 5.74) is 6.90. The van der Waals surface area contributed by atoms with Crippen LogP contribution in [0.4, 0.5) is 5.69 Å². The Morgan fingerprint density at radius 1 is 1.41 bits per heavy atom. The van der Waals surface area contributed by atoms with Crippen molar-refractivity contribution in [2.75, 3.05) is 18.9 Å². The fraction of sp³-hybridized carbons (Fsp3) is 0.500. The smallest absolute Gasteiger partial charge is 0.183 e. The Balaban J connectivity index is 2.40. The van der Waals surface area contributed by atoms with Crippen LogP contribution in [0.1, 0.15) is 18.4 Å². The molecule has 1 atom stereocenters. The Hall–Kier alpha value is -1.07. The monoisotopic (exact) mass is 255 g/mol. The quantitative estimate of drug-likeness (QED) is 0.814. The van der Waals surface area contributed by atoms with Crippen LogP contribution in [0.2, 0.25) is 0 Å². The van der Waals surface area contributed by atoms with Gasteiger partial charge in [0.1, 0.15) is 0 Å². The lowest BCUT2D eigenvalue weighted by Crippen LogP contribution is -2.31. The Bertz CT molecular complexity index is 504.